The second-order valence-electron chi connectivity index (χ2n) is 3.18. The summed E-state index contributed by atoms with van der Waals surface area (Å²) in [7, 11) is 1.26. The van der Waals surface area contributed by atoms with Crippen LogP contribution in [0.25, 0.3) is 0 Å². The van der Waals surface area contributed by atoms with Crippen LogP contribution in [0, 0.1) is 5.82 Å². The molecule has 0 bridgehead atoms. The van der Waals surface area contributed by atoms with Crippen molar-refractivity contribution in [1.29, 1.82) is 0 Å². The lowest BCUT2D eigenvalue weighted by Gasteiger charge is -2.14. The first-order valence-corrected chi connectivity index (χ1v) is 4.40. The first kappa shape index (κ1) is 12.9. The summed E-state index contributed by atoms with van der Waals surface area (Å²) >= 11 is 0. The molecule has 0 aliphatic carbocycles. The van der Waals surface area contributed by atoms with Crippen molar-refractivity contribution in [2.24, 2.45) is 0 Å². The molecule has 0 spiro atoms. The lowest BCUT2D eigenvalue weighted by Crippen LogP contribution is -2.13. The van der Waals surface area contributed by atoms with Gasteiger partial charge >= 0.3 is 6.18 Å². The van der Waals surface area contributed by atoms with Crippen molar-refractivity contribution in [3.63, 3.8) is 0 Å². The molecule has 0 radical (unpaired) electrons. The second kappa shape index (κ2) is 4.80. The fraction of sp³-hybridized carbons (Fsp3) is 0.400. The minimum atomic E-state index is -4.77. The van der Waals surface area contributed by atoms with E-state index in [-0.39, 0.29) is 6.61 Å². The molecule has 0 heterocycles. The van der Waals surface area contributed by atoms with Crippen molar-refractivity contribution in [3.05, 3.63) is 35.1 Å². The standard InChI is InChI=1S/C10H10F4O2/c1-16-5-8(15)6-3-2-4-7(9(6)11)10(12,13)14/h2-4,8,15H,5H2,1H3. The van der Waals surface area contributed by atoms with Crippen LogP contribution >= 0.6 is 0 Å². The Morgan fingerprint density at radius 1 is 1.38 bits per heavy atom. The lowest BCUT2D eigenvalue weighted by molar-refractivity contribution is -0.140. The Morgan fingerprint density at radius 3 is 2.50 bits per heavy atom. The molecule has 2 nitrogen and oxygen atoms in total. The molecule has 0 amide bonds. The van der Waals surface area contributed by atoms with Crippen molar-refractivity contribution in [3.8, 4) is 0 Å². The van der Waals surface area contributed by atoms with Crippen LogP contribution < -0.4 is 0 Å². The van der Waals surface area contributed by atoms with Crippen LogP contribution in [0.4, 0.5) is 17.6 Å². The Hall–Kier alpha value is -1.14. The predicted octanol–water partition coefficient (Wildman–Crippen LogP) is 2.52. The van der Waals surface area contributed by atoms with Crippen LogP contribution in [0.3, 0.4) is 0 Å². The third-order valence-corrected chi connectivity index (χ3v) is 2.02. The minimum Gasteiger partial charge on any atom is -0.386 e. The average Bonchev–Trinajstić information content (AvgIpc) is 2.16. The number of hydrogen-bond donors (Lipinski definition) is 1. The van der Waals surface area contributed by atoms with Crippen LogP contribution in [0.15, 0.2) is 18.2 Å². The Balaban J connectivity index is 3.14. The maximum absolute atomic E-state index is 13.4. The molecule has 0 aliphatic heterocycles. The van der Waals surface area contributed by atoms with E-state index < -0.39 is 29.2 Å². The summed E-state index contributed by atoms with van der Waals surface area (Å²) in [6, 6.07) is 2.76. The van der Waals surface area contributed by atoms with Gasteiger partial charge in [-0.15, -0.1) is 0 Å². The van der Waals surface area contributed by atoms with Crippen molar-refractivity contribution in [1.82, 2.24) is 0 Å². The fourth-order valence-corrected chi connectivity index (χ4v) is 1.27. The molecule has 1 aromatic carbocycles. The second-order valence-corrected chi connectivity index (χ2v) is 3.18. The Kier molecular flexibility index (Phi) is 3.88. The summed E-state index contributed by atoms with van der Waals surface area (Å²) in [4.78, 5) is 0. The van der Waals surface area contributed by atoms with E-state index in [0.29, 0.717) is 6.07 Å². The van der Waals surface area contributed by atoms with Gasteiger partial charge in [0.2, 0.25) is 0 Å². The molecule has 0 fully saturated rings. The number of alkyl halides is 3. The monoisotopic (exact) mass is 238 g/mol. The van der Waals surface area contributed by atoms with Gasteiger partial charge in [0.05, 0.1) is 12.2 Å². The first-order chi connectivity index (χ1) is 7.38. The number of hydrogen-bond acceptors (Lipinski definition) is 2. The molecule has 90 valence electrons. The van der Waals surface area contributed by atoms with Crippen LogP contribution in [-0.4, -0.2) is 18.8 Å². The highest BCUT2D eigenvalue weighted by Crippen LogP contribution is 2.33. The molecule has 6 heteroatoms. The maximum Gasteiger partial charge on any atom is 0.419 e. The van der Waals surface area contributed by atoms with E-state index in [4.69, 9.17) is 0 Å². The van der Waals surface area contributed by atoms with E-state index in [2.05, 4.69) is 4.74 Å². The third-order valence-electron chi connectivity index (χ3n) is 2.02. The topological polar surface area (TPSA) is 29.5 Å². The summed E-state index contributed by atoms with van der Waals surface area (Å²) in [5, 5.41) is 9.36. The first-order valence-electron chi connectivity index (χ1n) is 4.40. The van der Waals surface area contributed by atoms with E-state index in [1.54, 1.807) is 0 Å². The van der Waals surface area contributed by atoms with Crippen molar-refractivity contribution >= 4 is 0 Å². The molecule has 0 aromatic heterocycles. The maximum atomic E-state index is 13.4. The number of aliphatic hydroxyl groups excluding tert-OH is 1. The zero-order valence-electron chi connectivity index (χ0n) is 8.38. The molecule has 0 saturated heterocycles. The van der Waals surface area contributed by atoms with Crippen LogP contribution in [0.2, 0.25) is 0 Å². The number of ether oxygens (including phenoxy) is 1. The van der Waals surface area contributed by atoms with Gasteiger partial charge in [0, 0.05) is 12.7 Å². The highest BCUT2D eigenvalue weighted by Gasteiger charge is 2.35. The van der Waals surface area contributed by atoms with Crippen LogP contribution in [0.5, 0.6) is 0 Å². The zero-order chi connectivity index (χ0) is 12.3. The molecule has 1 rings (SSSR count). The van der Waals surface area contributed by atoms with Gasteiger partial charge in [-0.1, -0.05) is 12.1 Å². The van der Waals surface area contributed by atoms with Gasteiger partial charge in [-0.3, -0.25) is 0 Å². The lowest BCUT2D eigenvalue weighted by atomic mass is 10.0. The number of rotatable bonds is 3. The van der Waals surface area contributed by atoms with E-state index in [0.717, 1.165) is 12.1 Å². The molecule has 1 N–H and O–H groups in total. The molecule has 1 aromatic rings. The highest BCUT2D eigenvalue weighted by molar-refractivity contribution is 5.29. The quantitative estimate of drug-likeness (QED) is 0.820. The van der Waals surface area contributed by atoms with Gasteiger partial charge in [-0.25, -0.2) is 4.39 Å². The molecular formula is C10H10F4O2. The van der Waals surface area contributed by atoms with E-state index >= 15 is 0 Å². The molecule has 1 unspecified atom stereocenters. The van der Waals surface area contributed by atoms with Gasteiger partial charge < -0.3 is 9.84 Å². The normalized spacial score (nSPS) is 13.9. The summed E-state index contributed by atoms with van der Waals surface area (Å²) < 4.78 is 54.9. The van der Waals surface area contributed by atoms with Crippen LogP contribution in [0.1, 0.15) is 17.2 Å². The summed E-state index contributed by atoms with van der Waals surface area (Å²) in [6.07, 6.45) is -6.18. The number of aliphatic hydroxyl groups is 1. The van der Waals surface area contributed by atoms with Gasteiger partial charge in [0.15, 0.2) is 0 Å². The molecular weight excluding hydrogens is 228 g/mol. The molecule has 0 saturated carbocycles. The molecule has 1 atom stereocenters. The number of benzene rings is 1. The van der Waals surface area contributed by atoms with Gasteiger partial charge in [0.1, 0.15) is 11.9 Å². The van der Waals surface area contributed by atoms with Crippen molar-refractivity contribution < 1.29 is 27.4 Å². The van der Waals surface area contributed by atoms with E-state index in [1.807, 2.05) is 0 Å². The van der Waals surface area contributed by atoms with Gasteiger partial charge in [0.25, 0.3) is 0 Å². The van der Waals surface area contributed by atoms with Crippen molar-refractivity contribution in [2.45, 2.75) is 12.3 Å². The molecule has 16 heavy (non-hydrogen) atoms. The number of halogens is 4. The zero-order valence-corrected chi connectivity index (χ0v) is 8.38. The summed E-state index contributed by atoms with van der Waals surface area (Å²) in [5.41, 5.74) is -1.81. The summed E-state index contributed by atoms with van der Waals surface area (Å²) in [6.45, 7) is -0.266. The number of methoxy groups -OCH3 is 1. The van der Waals surface area contributed by atoms with Gasteiger partial charge in [-0.2, -0.15) is 13.2 Å². The van der Waals surface area contributed by atoms with Crippen molar-refractivity contribution in [2.75, 3.05) is 13.7 Å². The Bertz CT molecular complexity index is 362. The minimum absolute atomic E-state index is 0.266. The fourth-order valence-electron chi connectivity index (χ4n) is 1.27. The Labute approximate surface area is 89.5 Å². The summed E-state index contributed by atoms with van der Waals surface area (Å²) in [5.74, 6) is -1.46. The molecule has 0 aliphatic rings. The average molecular weight is 238 g/mol. The van der Waals surface area contributed by atoms with E-state index in [1.165, 1.54) is 7.11 Å². The van der Waals surface area contributed by atoms with E-state index in [9.17, 15) is 22.7 Å². The highest BCUT2D eigenvalue weighted by atomic mass is 19.4. The van der Waals surface area contributed by atoms with Crippen LogP contribution in [-0.2, 0) is 10.9 Å². The SMILES string of the molecule is COCC(O)c1cccc(C(F)(F)F)c1F. The predicted molar refractivity (Wildman–Crippen MR) is 48.2 cm³/mol. The third kappa shape index (κ3) is 2.70. The Morgan fingerprint density at radius 2 is 2.00 bits per heavy atom. The smallest absolute Gasteiger partial charge is 0.386 e. The van der Waals surface area contributed by atoms with Gasteiger partial charge in [-0.05, 0) is 6.07 Å². The largest absolute Gasteiger partial charge is 0.419 e.